The SMILES string of the molecule is Br.C=CCn1c(-c2ccc(Cl)cc2Cl)csc1=Nc1ccc(C)cc1. The van der Waals surface area contributed by atoms with Gasteiger partial charge in [0, 0.05) is 22.5 Å². The number of benzene rings is 2. The van der Waals surface area contributed by atoms with Crippen LogP contribution in [0, 0.1) is 6.92 Å². The largest absolute Gasteiger partial charge is 0.313 e. The van der Waals surface area contributed by atoms with E-state index in [1.807, 2.05) is 30.3 Å². The van der Waals surface area contributed by atoms with Crippen molar-refractivity contribution in [3.05, 3.63) is 80.9 Å². The number of halogens is 3. The quantitative estimate of drug-likeness (QED) is 0.383. The summed E-state index contributed by atoms with van der Waals surface area (Å²) in [6.07, 6.45) is 1.86. The Labute approximate surface area is 171 Å². The molecule has 0 saturated carbocycles. The highest BCUT2D eigenvalue weighted by molar-refractivity contribution is 8.93. The van der Waals surface area contributed by atoms with Crippen molar-refractivity contribution in [3.8, 4) is 11.3 Å². The summed E-state index contributed by atoms with van der Waals surface area (Å²) in [4.78, 5) is 5.66. The molecule has 3 aromatic rings. The number of nitrogens with zero attached hydrogens (tertiary/aromatic N) is 2. The minimum atomic E-state index is 0. The van der Waals surface area contributed by atoms with E-state index in [0.29, 0.717) is 16.6 Å². The van der Waals surface area contributed by atoms with Crippen LogP contribution in [-0.2, 0) is 6.54 Å². The third-order valence-electron chi connectivity index (χ3n) is 3.58. The minimum absolute atomic E-state index is 0. The first-order valence-electron chi connectivity index (χ1n) is 7.44. The second-order valence-electron chi connectivity index (χ2n) is 5.37. The molecule has 0 atom stereocenters. The fourth-order valence-electron chi connectivity index (χ4n) is 2.37. The first-order chi connectivity index (χ1) is 11.6. The van der Waals surface area contributed by atoms with Gasteiger partial charge in [-0.15, -0.1) is 34.9 Å². The van der Waals surface area contributed by atoms with Gasteiger partial charge in [0.2, 0.25) is 0 Å². The van der Waals surface area contributed by atoms with Gasteiger partial charge in [0.05, 0.1) is 16.4 Å². The molecule has 1 heterocycles. The van der Waals surface area contributed by atoms with Gasteiger partial charge in [0.15, 0.2) is 4.80 Å². The summed E-state index contributed by atoms with van der Waals surface area (Å²) in [6.45, 7) is 6.57. The van der Waals surface area contributed by atoms with Gasteiger partial charge >= 0.3 is 0 Å². The summed E-state index contributed by atoms with van der Waals surface area (Å²) in [7, 11) is 0. The van der Waals surface area contributed by atoms with Crippen molar-refractivity contribution < 1.29 is 0 Å². The van der Waals surface area contributed by atoms with E-state index < -0.39 is 0 Å². The number of aromatic nitrogens is 1. The molecule has 0 fully saturated rings. The molecule has 2 nitrogen and oxygen atoms in total. The summed E-state index contributed by atoms with van der Waals surface area (Å²) in [6, 6.07) is 13.7. The van der Waals surface area contributed by atoms with Gasteiger partial charge in [-0.1, -0.05) is 47.0 Å². The zero-order valence-electron chi connectivity index (χ0n) is 13.6. The van der Waals surface area contributed by atoms with Gasteiger partial charge in [-0.3, -0.25) is 0 Å². The van der Waals surface area contributed by atoms with E-state index in [9.17, 15) is 0 Å². The number of thiazole rings is 1. The fourth-order valence-corrected chi connectivity index (χ4v) is 3.80. The molecule has 0 saturated heterocycles. The van der Waals surface area contributed by atoms with Gasteiger partial charge in [0.25, 0.3) is 0 Å². The van der Waals surface area contributed by atoms with Gasteiger partial charge in [-0.2, -0.15) is 0 Å². The number of hydrogen-bond acceptors (Lipinski definition) is 2. The van der Waals surface area contributed by atoms with E-state index in [1.165, 1.54) is 5.56 Å². The lowest BCUT2D eigenvalue weighted by molar-refractivity contribution is 0.800. The molecule has 0 spiro atoms. The van der Waals surface area contributed by atoms with Crippen molar-refractivity contribution in [2.45, 2.75) is 13.5 Å². The zero-order valence-corrected chi connectivity index (χ0v) is 17.6. The van der Waals surface area contributed by atoms with E-state index in [-0.39, 0.29) is 17.0 Å². The zero-order chi connectivity index (χ0) is 17.1. The Morgan fingerprint density at radius 3 is 2.52 bits per heavy atom. The van der Waals surface area contributed by atoms with E-state index >= 15 is 0 Å². The predicted molar refractivity (Wildman–Crippen MR) is 115 cm³/mol. The second kappa shape index (κ2) is 8.86. The van der Waals surface area contributed by atoms with Crippen molar-refractivity contribution in [1.29, 1.82) is 0 Å². The Morgan fingerprint density at radius 1 is 1.16 bits per heavy atom. The van der Waals surface area contributed by atoms with Gasteiger partial charge < -0.3 is 4.57 Å². The molecule has 0 N–H and O–H groups in total. The monoisotopic (exact) mass is 454 g/mol. The normalized spacial score (nSPS) is 11.2. The van der Waals surface area contributed by atoms with Crippen LogP contribution in [0.3, 0.4) is 0 Å². The Kier molecular flexibility index (Phi) is 7.08. The molecular formula is C19H17BrCl2N2S. The molecule has 0 aliphatic carbocycles. The summed E-state index contributed by atoms with van der Waals surface area (Å²) in [5, 5.41) is 3.31. The topological polar surface area (TPSA) is 17.3 Å². The molecule has 1 aromatic heterocycles. The molecule has 0 aliphatic rings. The van der Waals surface area contributed by atoms with Crippen molar-refractivity contribution in [2.75, 3.05) is 0 Å². The highest BCUT2D eigenvalue weighted by Gasteiger charge is 2.11. The van der Waals surface area contributed by atoms with Crippen molar-refractivity contribution in [3.63, 3.8) is 0 Å². The lowest BCUT2D eigenvalue weighted by atomic mass is 10.1. The first-order valence-corrected chi connectivity index (χ1v) is 9.08. The van der Waals surface area contributed by atoms with E-state index in [1.54, 1.807) is 17.4 Å². The van der Waals surface area contributed by atoms with Gasteiger partial charge in [-0.05, 0) is 37.3 Å². The van der Waals surface area contributed by atoms with Crippen LogP contribution in [0.25, 0.3) is 11.3 Å². The minimum Gasteiger partial charge on any atom is -0.313 e. The van der Waals surface area contributed by atoms with Crippen LogP contribution in [-0.4, -0.2) is 4.57 Å². The second-order valence-corrected chi connectivity index (χ2v) is 7.05. The van der Waals surface area contributed by atoms with Crippen LogP contribution in [0.2, 0.25) is 10.0 Å². The fraction of sp³-hybridized carbons (Fsp3) is 0.105. The Hall–Kier alpha value is -1.33. The molecule has 130 valence electrons. The average molecular weight is 456 g/mol. The summed E-state index contributed by atoms with van der Waals surface area (Å²) >= 11 is 14.0. The number of rotatable bonds is 4. The van der Waals surface area contributed by atoms with Gasteiger partial charge in [-0.25, -0.2) is 4.99 Å². The highest BCUT2D eigenvalue weighted by atomic mass is 79.9. The molecule has 2 aromatic carbocycles. The van der Waals surface area contributed by atoms with Crippen LogP contribution >= 0.6 is 51.5 Å². The molecule has 6 heteroatoms. The molecular weight excluding hydrogens is 439 g/mol. The van der Waals surface area contributed by atoms with Crippen molar-refractivity contribution >= 4 is 57.2 Å². The molecule has 0 bridgehead atoms. The van der Waals surface area contributed by atoms with Crippen LogP contribution in [0.5, 0.6) is 0 Å². The maximum absolute atomic E-state index is 6.37. The summed E-state index contributed by atoms with van der Waals surface area (Å²) < 4.78 is 2.10. The number of aryl methyl sites for hydroxylation is 1. The average Bonchev–Trinajstić information content (AvgIpc) is 2.93. The maximum Gasteiger partial charge on any atom is 0.190 e. The highest BCUT2D eigenvalue weighted by Crippen LogP contribution is 2.30. The van der Waals surface area contributed by atoms with Crippen LogP contribution in [0.15, 0.2) is 65.5 Å². The van der Waals surface area contributed by atoms with E-state index in [0.717, 1.165) is 21.7 Å². The third-order valence-corrected chi connectivity index (χ3v) is 4.99. The predicted octanol–water partition coefficient (Wildman–Crippen LogP) is 6.83. The van der Waals surface area contributed by atoms with Crippen molar-refractivity contribution in [1.82, 2.24) is 4.57 Å². The van der Waals surface area contributed by atoms with Crippen LogP contribution in [0.4, 0.5) is 5.69 Å². The first kappa shape index (κ1) is 20.0. The summed E-state index contributed by atoms with van der Waals surface area (Å²) in [5.74, 6) is 0. The molecule has 0 unspecified atom stereocenters. The molecule has 0 radical (unpaired) electrons. The Bertz CT molecular complexity index is 943. The molecule has 0 amide bonds. The van der Waals surface area contributed by atoms with Crippen LogP contribution < -0.4 is 4.80 Å². The number of allylic oxidation sites excluding steroid dienone is 1. The lowest BCUT2D eigenvalue weighted by Crippen LogP contribution is -2.14. The van der Waals surface area contributed by atoms with Crippen molar-refractivity contribution in [2.24, 2.45) is 4.99 Å². The standard InChI is InChI=1S/C19H16Cl2N2S.BrH/c1-3-10-23-18(16-9-6-14(20)11-17(16)21)12-24-19(23)22-15-7-4-13(2)5-8-15;/h3-9,11-12H,1,10H2,2H3;1H. The Morgan fingerprint density at radius 2 is 1.88 bits per heavy atom. The summed E-state index contributed by atoms with van der Waals surface area (Å²) in [5.41, 5.74) is 4.08. The smallest absolute Gasteiger partial charge is 0.190 e. The molecule has 3 rings (SSSR count). The third kappa shape index (κ3) is 4.64. The van der Waals surface area contributed by atoms with E-state index in [2.05, 4.69) is 35.6 Å². The lowest BCUT2D eigenvalue weighted by Gasteiger charge is -2.08. The van der Waals surface area contributed by atoms with E-state index in [4.69, 9.17) is 28.2 Å². The molecule has 0 aliphatic heterocycles. The molecule has 25 heavy (non-hydrogen) atoms. The maximum atomic E-state index is 6.37. The number of hydrogen-bond donors (Lipinski definition) is 0. The Balaban J connectivity index is 0.00000225. The van der Waals surface area contributed by atoms with Gasteiger partial charge in [0.1, 0.15) is 0 Å². The van der Waals surface area contributed by atoms with Crippen LogP contribution in [0.1, 0.15) is 5.56 Å².